The van der Waals surface area contributed by atoms with Gasteiger partial charge in [-0.1, -0.05) is 41.9 Å². The molecule has 2 aromatic rings. The first kappa shape index (κ1) is 19.8. The normalized spacial score (nSPS) is 10.3. The van der Waals surface area contributed by atoms with Crippen LogP contribution in [-0.2, 0) is 16.0 Å². The number of anilines is 1. The Bertz CT molecular complexity index is 763. The van der Waals surface area contributed by atoms with Gasteiger partial charge in [-0.15, -0.1) is 0 Å². The second-order valence-electron chi connectivity index (χ2n) is 5.97. The summed E-state index contributed by atoms with van der Waals surface area (Å²) in [4.78, 5) is 24.0. The van der Waals surface area contributed by atoms with Crippen LogP contribution in [0.1, 0.15) is 24.0 Å². The van der Waals surface area contributed by atoms with Crippen LogP contribution in [0, 0.1) is 6.92 Å². The third kappa shape index (κ3) is 6.08. The quantitative estimate of drug-likeness (QED) is 0.546. The number of hydrogen-bond donors (Lipinski definition) is 2. The van der Waals surface area contributed by atoms with Crippen molar-refractivity contribution in [3.8, 4) is 5.75 Å². The van der Waals surface area contributed by atoms with E-state index in [9.17, 15) is 9.59 Å². The molecular formula is C20H23ClN2O3. The molecule has 2 amide bonds. The molecule has 0 aromatic heterocycles. The predicted molar refractivity (Wildman–Crippen MR) is 104 cm³/mol. The van der Waals surface area contributed by atoms with E-state index in [0.29, 0.717) is 23.0 Å². The molecule has 0 aliphatic rings. The number of amides is 2. The molecule has 0 radical (unpaired) electrons. The number of benzene rings is 2. The number of methoxy groups -OCH3 is 1. The second kappa shape index (κ2) is 9.82. The van der Waals surface area contributed by atoms with Gasteiger partial charge in [-0.25, -0.2) is 0 Å². The first-order valence-electron chi connectivity index (χ1n) is 8.44. The van der Waals surface area contributed by atoms with Gasteiger partial charge in [0.15, 0.2) is 0 Å². The van der Waals surface area contributed by atoms with Crippen molar-refractivity contribution in [1.82, 2.24) is 5.32 Å². The number of hydrogen-bond acceptors (Lipinski definition) is 3. The van der Waals surface area contributed by atoms with E-state index >= 15 is 0 Å². The van der Waals surface area contributed by atoms with E-state index in [-0.39, 0.29) is 12.3 Å². The number of carbonyl (C=O) groups is 2. The average Bonchev–Trinajstić information content (AvgIpc) is 2.62. The summed E-state index contributed by atoms with van der Waals surface area (Å²) in [5.74, 6) is -0.247. The van der Waals surface area contributed by atoms with Gasteiger partial charge < -0.3 is 15.4 Å². The zero-order valence-corrected chi connectivity index (χ0v) is 15.7. The topological polar surface area (TPSA) is 67.4 Å². The van der Waals surface area contributed by atoms with Gasteiger partial charge >= 0.3 is 0 Å². The Labute approximate surface area is 158 Å². The van der Waals surface area contributed by atoms with Gasteiger partial charge in [-0.2, -0.15) is 0 Å². The standard InChI is InChI=1S/C20H23ClN2O3/c1-14-11-17(18(26-2)12-16(14)21)23-20(25)13-19(24)22-10-6-9-15-7-4-3-5-8-15/h3-5,7-8,11-12H,6,9-10,13H2,1-2H3,(H,22,24)(H,23,25). The molecule has 0 bridgehead atoms. The van der Waals surface area contributed by atoms with Crippen molar-refractivity contribution in [2.75, 3.05) is 19.0 Å². The van der Waals surface area contributed by atoms with Crippen molar-refractivity contribution < 1.29 is 14.3 Å². The van der Waals surface area contributed by atoms with Crippen LogP contribution in [0.2, 0.25) is 5.02 Å². The molecule has 2 rings (SSSR count). The van der Waals surface area contributed by atoms with E-state index in [1.165, 1.54) is 12.7 Å². The fraction of sp³-hybridized carbons (Fsp3) is 0.300. The minimum absolute atomic E-state index is 0.240. The molecule has 0 fully saturated rings. The van der Waals surface area contributed by atoms with Crippen molar-refractivity contribution in [2.45, 2.75) is 26.2 Å². The number of aryl methyl sites for hydroxylation is 2. The molecule has 0 saturated heterocycles. The minimum atomic E-state index is -0.398. The first-order valence-corrected chi connectivity index (χ1v) is 8.82. The van der Waals surface area contributed by atoms with Crippen LogP contribution in [0.25, 0.3) is 0 Å². The van der Waals surface area contributed by atoms with Gasteiger partial charge in [-0.05, 0) is 37.0 Å². The number of rotatable bonds is 8. The van der Waals surface area contributed by atoms with E-state index in [1.807, 2.05) is 25.1 Å². The van der Waals surface area contributed by atoms with E-state index in [4.69, 9.17) is 16.3 Å². The number of nitrogens with one attached hydrogen (secondary N) is 2. The average molecular weight is 375 g/mol. The molecule has 0 spiro atoms. The highest BCUT2D eigenvalue weighted by Gasteiger charge is 2.13. The number of ether oxygens (including phenoxy) is 1. The van der Waals surface area contributed by atoms with Crippen LogP contribution in [0.15, 0.2) is 42.5 Å². The highest BCUT2D eigenvalue weighted by Crippen LogP contribution is 2.30. The molecular weight excluding hydrogens is 352 g/mol. The van der Waals surface area contributed by atoms with E-state index in [2.05, 4.69) is 22.8 Å². The van der Waals surface area contributed by atoms with Gasteiger partial charge in [0.2, 0.25) is 11.8 Å². The second-order valence-corrected chi connectivity index (χ2v) is 6.37. The molecule has 0 heterocycles. The summed E-state index contributed by atoms with van der Waals surface area (Å²) in [6, 6.07) is 13.4. The fourth-order valence-corrected chi connectivity index (χ4v) is 2.65. The Morgan fingerprint density at radius 1 is 1.12 bits per heavy atom. The Balaban J connectivity index is 1.77. The zero-order valence-electron chi connectivity index (χ0n) is 15.0. The van der Waals surface area contributed by atoms with Crippen molar-refractivity contribution in [3.05, 3.63) is 58.6 Å². The molecule has 0 aliphatic heterocycles. The predicted octanol–water partition coefficient (Wildman–Crippen LogP) is 3.73. The summed E-state index contributed by atoms with van der Waals surface area (Å²) >= 11 is 6.04. The van der Waals surface area contributed by atoms with Crippen LogP contribution in [-0.4, -0.2) is 25.5 Å². The van der Waals surface area contributed by atoms with Crippen LogP contribution in [0.4, 0.5) is 5.69 Å². The van der Waals surface area contributed by atoms with E-state index < -0.39 is 5.91 Å². The third-order valence-electron chi connectivity index (χ3n) is 3.88. The van der Waals surface area contributed by atoms with Crippen LogP contribution >= 0.6 is 11.6 Å². The fourth-order valence-electron chi connectivity index (χ4n) is 2.50. The summed E-state index contributed by atoms with van der Waals surface area (Å²) in [5.41, 5.74) is 2.54. The monoisotopic (exact) mass is 374 g/mol. The molecule has 2 N–H and O–H groups in total. The van der Waals surface area contributed by atoms with Crippen molar-refractivity contribution >= 4 is 29.1 Å². The maximum Gasteiger partial charge on any atom is 0.233 e. The Kier molecular flexibility index (Phi) is 7.48. The molecule has 138 valence electrons. The van der Waals surface area contributed by atoms with Crippen LogP contribution in [0.3, 0.4) is 0 Å². The van der Waals surface area contributed by atoms with E-state index in [0.717, 1.165) is 18.4 Å². The Morgan fingerprint density at radius 2 is 1.85 bits per heavy atom. The number of halogens is 1. The lowest BCUT2D eigenvalue weighted by atomic mass is 10.1. The van der Waals surface area contributed by atoms with Crippen molar-refractivity contribution in [1.29, 1.82) is 0 Å². The smallest absolute Gasteiger partial charge is 0.233 e. The molecule has 0 atom stereocenters. The summed E-state index contributed by atoms with van der Waals surface area (Å²) in [6.07, 6.45) is 1.46. The maximum atomic E-state index is 12.1. The van der Waals surface area contributed by atoms with Crippen LogP contribution in [0.5, 0.6) is 5.75 Å². The summed E-state index contributed by atoms with van der Waals surface area (Å²) in [6.45, 7) is 2.36. The molecule has 0 aliphatic carbocycles. The summed E-state index contributed by atoms with van der Waals surface area (Å²) < 4.78 is 5.21. The zero-order chi connectivity index (χ0) is 18.9. The Hall–Kier alpha value is -2.53. The molecule has 5 nitrogen and oxygen atoms in total. The Morgan fingerprint density at radius 3 is 2.54 bits per heavy atom. The number of carbonyl (C=O) groups excluding carboxylic acids is 2. The van der Waals surface area contributed by atoms with Gasteiger partial charge in [-0.3, -0.25) is 9.59 Å². The minimum Gasteiger partial charge on any atom is -0.495 e. The highest BCUT2D eigenvalue weighted by molar-refractivity contribution is 6.31. The van der Waals surface area contributed by atoms with E-state index in [1.54, 1.807) is 12.1 Å². The molecule has 26 heavy (non-hydrogen) atoms. The molecule has 6 heteroatoms. The highest BCUT2D eigenvalue weighted by atomic mass is 35.5. The van der Waals surface area contributed by atoms with Gasteiger partial charge in [0, 0.05) is 17.6 Å². The maximum absolute atomic E-state index is 12.1. The van der Waals surface area contributed by atoms with Gasteiger partial charge in [0.25, 0.3) is 0 Å². The van der Waals surface area contributed by atoms with Gasteiger partial charge in [0.1, 0.15) is 12.2 Å². The molecule has 0 unspecified atom stereocenters. The lowest BCUT2D eigenvalue weighted by Gasteiger charge is -2.12. The summed E-state index contributed by atoms with van der Waals surface area (Å²) in [7, 11) is 1.50. The molecule has 2 aromatic carbocycles. The SMILES string of the molecule is COc1cc(Cl)c(C)cc1NC(=O)CC(=O)NCCCc1ccccc1. The van der Waals surface area contributed by atoms with Crippen molar-refractivity contribution in [2.24, 2.45) is 0 Å². The van der Waals surface area contributed by atoms with Crippen molar-refractivity contribution in [3.63, 3.8) is 0 Å². The molecule has 0 saturated carbocycles. The first-order chi connectivity index (χ1) is 12.5. The summed E-state index contributed by atoms with van der Waals surface area (Å²) in [5, 5.41) is 6.01. The van der Waals surface area contributed by atoms with Gasteiger partial charge in [0.05, 0.1) is 12.8 Å². The van der Waals surface area contributed by atoms with Crippen LogP contribution < -0.4 is 15.4 Å². The largest absolute Gasteiger partial charge is 0.495 e. The third-order valence-corrected chi connectivity index (χ3v) is 4.29. The lowest BCUT2D eigenvalue weighted by Crippen LogP contribution is -2.29. The lowest BCUT2D eigenvalue weighted by molar-refractivity contribution is -0.126.